The van der Waals surface area contributed by atoms with Crippen molar-refractivity contribution >= 4 is 22.8 Å². The van der Waals surface area contributed by atoms with E-state index in [4.69, 9.17) is 4.74 Å². The minimum atomic E-state index is -2.94. The zero-order valence-corrected chi connectivity index (χ0v) is 15.0. The molecule has 150 valence electrons. The summed E-state index contributed by atoms with van der Waals surface area (Å²) in [6.45, 7) is -0.116. The molecule has 1 atom stereocenters. The van der Waals surface area contributed by atoms with Crippen molar-refractivity contribution in [2.24, 2.45) is 0 Å². The van der Waals surface area contributed by atoms with E-state index in [0.29, 0.717) is 43.0 Å². The van der Waals surface area contributed by atoms with Crippen LogP contribution < -0.4 is 10.1 Å². The van der Waals surface area contributed by atoms with Gasteiger partial charge in [-0.1, -0.05) is 5.21 Å². The second-order valence-electron chi connectivity index (χ2n) is 6.59. The van der Waals surface area contributed by atoms with E-state index in [1.807, 2.05) is 6.92 Å². The highest BCUT2D eigenvalue weighted by atomic mass is 19.3. The van der Waals surface area contributed by atoms with Gasteiger partial charge in [-0.15, -0.1) is 5.10 Å². The fraction of sp³-hybridized carbons (Fsp3) is 0.500. The summed E-state index contributed by atoms with van der Waals surface area (Å²) in [6, 6.07) is 4.32. The van der Waals surface area contributed by atoms with Gasteiger partial charge in [-0.05, 0) is 19.1 Å². The summed E-state index contributed by atoms with van der Waals surface area (Å²) < 4.78 is 35.7. The number of fused-ring (bicyclic) bond motifs is 1. The number of nitrogens with zero attached hydrogens (tertiary/aromatic N) is 5. The Balaban J connectivity index is 1.58. The number of rotatable bonds is 6. The van der Waals surface area contributed by atoms with Gasteiger partial charge in [-0.2, -0.15) is 13.9 Å². The maximum atomic E-state index is 12.3. The normalized spacial score (nSPS) is 17.8. The zero-order chi connectivity index (χ0) is 19.7. The van der Waals surface area contributed by atoms with Gasteiger partial charge in [0, 0.05) is 32.1 Å². The Hall–Kier alpha value is -2.86. The molecule has 0 aliphatic carbocycles. The van der Waals surface area contributed by atoms with Crippen LogP contribution in [-0.2, 0) is 4.74 Å². The second-order valence-corrected chi connectivity index (χ2v) is 6.59. The van der Waals surface area contributed by atoms with Crippen molar-refractivity contribution in [3.05, 3.63) is 18.2 Å². The van der Waals surface area contributed by atoms with E-state index in [2.05, 4.69) is 35.5 Å². The predicted molar refractivity (Wildman–Crippen MR) is 93.5 cm³/mol. The van der Waals surface area contributed by atoms with Crippen LogP contribution in [0.25, 0.3) is 11.2 Å². The first-order chi connectivity index (χ1) is 13.4. The minimum Gasteiger partial charge on any atom is -0.417 e. The fourth-order valence-corrected chi connectivity index (χ4v) is 3.18. The lowest BCUT2D eigenvalue weighted by atomic mass is 9.87. The Bertz CT molecular complexity index is 955. The van der Waals surface area contributed by atoms with Crippen LogP contribution in [0.2, 0.25) is 0 Å². The molecule has 0 spiro atoms. The van der Waals surface area contributed by atoms with E-state index in [1.54, 1.807) is 16.8 Å². The molecule has 1 saturated heterocycles. The molecule has 0 saturated carbocycles. The molecule has 0 bridgehead atoms. The number of aliphatic hydroxyl groups is 1. The maximum Gasteiger partial charge on any atom is 0.388 e. The maximum absolute atomic E-state index is 12.3. The molecule has 3 N–H and O–H groups in total. The summed E-state index contributed by atoms with van der Waals surface area (Å²) in [4.78, 5) is 4.49. The second kappa shape index (κ2) is 7.28. The SMILES string of the molecule is C[C@H](n1nnc2ccc(Nc3cc(OC(F)F)[nH]n3)nc21)C1(O)CCOCC1. The van der Waals surface area contributed by atoms with Crippen LogP contribution in [0.5, 0.6) is 5.88 Å². The van der Waals surface area contributed by atoms with Gasteiger partial charge in [0.1, 0.15) is 11.3 Å². The number of hydrogen-bond donors (Lipinski definition) is 3. The molecule has 0 radical (unpaired) electrons. The number of H-pyrrole nitrogens is 1. The van der Waals surface area contributed by atoms with Crippen LogP contribution >= 0.6 is 0 Å². The lowest BCUT2D eigenvalue weighted by molar-refractivity contribution is -0.0922. The van der Waals surface area contributed by atoms with Gasteiger partial charge in [0.2, 0.25) is 5.88 Å². The number of aromatic amines is 1. The predicted octanol–water partition coefficient (Wildman–Crippen LogP) is 2.00. The molecule has 28 heavy (non-hydrogen) atoms. The van der Waals surface area contributed by atoms with Gasteiger partial charge in [0.15, 0.2) is 11.5 Å². The van der Waals surface area contributed by atoms with E-state index in [1.165, 1.54) is 6.07 Å². The molecule has 1 aliphatic heterocycles. The molecule has 3 aromatic heterocycles. The number of halogens is 2. The van der Waals surface area contributed by atoms with E-state index in [-0.39, 0.29) is 17.7 Å². The van der Waals surface area contributed by atoms with Crippen LogP contribution in [-0.4, -0.2) is 60.7 Å². The molecular weight excluding hydrogens is 376 g/mol. The molecule has 10 nitrogen and oxygen atoms in total. The number of aromatic nitrogens is 6. The number of hydrogen-bond acceptors (Lipinski definition) is 8. The van der Waals surface area contributed by atoms with Crippen LogP contribution in [0.4, 0.5) is 20.4 Å². The topological polar surface area (TPSA) is 123 Å². The van der Waals surface area contributed by atoms with Crippen LogP contribution in [0.3, 0.4) is 0 Å². The smallest absolute Gasteiger partial charge is 0.388 e. The van der Waals surface area contributed by atoms with Crippen molar-refractivity contribution in [1.29, 1.82) is 0 Å². The Labute approximate surface area is 157 Å². The highest BCUT2D eigenvalue weighted by Gasteiger charge is 2.38. The summed E-state index contributed by atoms with van der Waals surface area (Å²) in [7, 11) is 0. The summed E-state index contributed by atoms with van der Waals surface area (Å²) in [5.74, 6) is 0.510. The van der Waals surface area contributed by atoms with Gasteiger partial charge in [-0.25, -0.2) is 14.8 Å². The third kappa shape index (κ3) is 3.60. The van der Waals surface area contributed by atoms with Gasteiger partial charge in [0.25, 0.3) is 0 Å². The molecule has 1 aliphatic rings. The van der Waals surface area contributed by atoms with E-state index in [9.17, 15) is 13.9 Å². The first-order valence-corrected chi connectivity index (χ1v) is 8.74. The third-order valence-corrected chi connectivity index (χ3v) is 4.85. The van der Waals surface area contributed by atoms with E-state index in [0.717, 1.165) is 0 Å². The lowest BCUT2D eigenvalue weighted by Gasteiger charge is -2.36. The highest BCUT2D eigenvalue weighted by Crippen LogP contribution is 2.33. The largest absolute Gasteiger partial charge is 0.417 e. The molecular formula is C16H19F2N7O3. The zero-order valence-electron chi connectivity index (χ0n) is 15.0. The number of anilines is 2. The molecule has 0 amide bonds. The molecule has 0 aromatic carbocycles. The average molecular weight is 395 g/mol. The Morgan fingerprint density at radius 2 is 2.11 bits per heavy atom. The van der Waals surface area contributed by atoms with Crippen molar-refractivity contribution in [2.75, 3.05) is 18.5 Å². The fourth-order valence-electron chi connectivity index (χ4n) is 3.18. The monoisotopic (exact) mass is 395 g/mol. The van der Waals surface area contributed by atoms with Crippen LogP contribution in [0, 0.1) is 0 Å². The van der Waals surface area contributed by atoms with Gasteiger partial charge >= 0.3 is 6.61 Å². The average Bonchev–Trinajstić information content (AvgIpc) is 3.27. The first-order valence-electron chi connectivity index (χ1n) is 8.74. The van der Waals surface area contributed by atoms with Gasteiger partial charge in [0.05, 0.1) is 11.6 Å². The van der Waals surface area contributed by atoms with Crippen LogP contribution in [0.1, 0.15) is 25.8 Å². The summed E-state index contributed by atoms with van der Waals surface area (Å²) in [5, 5.41) is 28.3. The van der Waals surface area contributed by atoms with Crippen molar-refractivity contribution < 1.29 is 23.4 Å². The quantitative estimate of drug-likeness (QED) is 0.579. The molecule has 12 heteroatoms. The molecule has 1 fully saturated rings. The van der Waals surface area contributed by atoms with E-state index >= 15 is 0 Å². The molecule has 3 aromatic rings. The van der Waals surface area contributed by atoms with Crippen LogP contribution in [0.15, 0.2) is 18.2 Å². The standard InChI is InChI=1S/C16H19F2N7O3/c1-9(16(26)4-6-27-7-5-16)25-14-10(21-24-25)2-3-11(20-14)19-12-8-13(23-22-12)28-15(17)18/h2-3,8-9,15,26H,4-7H2,1H3,(H2,19,20,22,23)/t9-/m0/s1. The Morgan fingerprint density at radius 1 is 1.32 bits per heavy atom. The summed E-state index contributed by atoms with van der Waals surface area (Å²) >= 11 is 0. The summed E-state index contributed by atoms with van der Waals surface area (Å²) in [5.41, 5.74) is 0.0852. The number of pyridine rings is 1. The van der Waals surface area contributed by atoms with Gasteiger partial charge < -0.3 is 19.9 Å². The van der Waals surface area contributed by atoms with Crippen molar-refractivity contribution in [3.8, 4) is 5.88 Å². The highest BCUT2D eigenvalue weighted by molar-refractivity contribution is 5.73. The third-order valence-electron chi connectivity index (χ3n) is 4.85. The van der Waals surface area contributed by atoms with Crippen molar-refractivity contribution in [2.45, 2.75) is 38.0 Å². The molecule has 4 rings (SSSR count). The first kappa shape index (κ1) is 18.5. The minimum absolute atomic E-state index is 0.166. The van der Waals surface area contributed by atoms with E-state index < -0.39 is 12.2 Å². The molecule has 0 unspecified atom stereocenters. The number of ether oxygens (including phenoxy) is 2. The van der Waals surface area contributed by atoms with Gasteiger partial charge in [-0.3, -0.25) is 0 Å². The lowest BCUT2D eigenvalue weighted by Crippen LogP contribution is -2.43. The summed E-state index contributed by atoms with van der Waals surface area (Å²) in [6.07, 6.45) is 0.987. The molecule has 4 heterocycles. The van der Waals surface area contributed by atoms with Crippen molar-refractivity contribution in [3.63, 3.8) is 0 Å². The number of nitrogens with one attached hydrogen (secondary N) is 2. The van der Waals surface area contributed by atoms with Crippen molar-refractivity contribution in [1.82, 2.24) is 30.2 Å². The Kier molecular flexibility index (Phi) is 4.81. The number of alkyl halides is 2. The Morgan fingerprint density at radius 3 is 2.86 bits per heavy atom.